The number of hydrogen-bond donors (Lipinski definition) is 3. The standard InChI is InChI=1S/C26H32ClF3N6O2S/c1-25(2,3)10-12-36-11-4-5-19(15-36)39(37,38)18-8-6-16(7-9-18)22-20(26(28,29)30)13-17(14-21(22)27)32-24-33-23(31)34-35-24/h6-9,13-14,19H,4-5,10-12,15H2,1-3H3,(H4,31,32,33,34,35). The molecule has 3 aromatic rings. The average Bonchev–Trinajstić information content (AvgIpc) is 3.26. The molecule has 4 N–H and O–H groups in total. The van der Waals surface area contributed by atoms with E-state index in [1.807, 2.05) is 0 Å². The van der Waals surface area contributed by atoms with Gasteiger partial charge < -0.3 is 16.0 Å². The third-order valence-corrected chi connectivity index (χ3v) is 9.19. The van der Waals surface area contributed by atoms with Gasteiger partial charge in [0.15, 0.2) is 9.84 Å². The summed E-state index contributed by atoms with van der Waals surface area (Å²) in [4.78, 5) is 6.09. The molecule has 0 saturated carbocycles. The summed E-state index contributed by atoms with van der Waals surface area (Å²) in [5.41, 5.74) is 4.54. The molecule has 212 valence electrons. The van der Waals surface area contributed by atoms with Crippen LogP contribution in [-0.2, 0) is 16.0 Å². The highest BCUT2D eigenvalue weighted by molar-refractivity contribution is 7.92. The van der Waals surface area contributed by atoms with Crippen LogP contribution in [-0.4, -0.2) is 53.4 Å². The van der Waals surface area contributed by atoms with Crippen molar-refractivity contribution in [3.8, 4) is 11.1 Å². The first-order chi connectivity index (χ1) is 18.1. The first kappa shape index (κ1) is 29.2. The molecule has 1 aliphatic heterocycles. The average molecular weight is 585 g/mol. The van der Waals surface area contributed by atoms with Gasteiger partial charge in [-0.25, -0.2) is 13.5 Å². The second-order valence-electron chi connectivity index (χ2n) is 11.0. The molecule has 39 heavy (non-hydrogen) atoms. The lowest BCUT2D eigenvalue weighted by molar-refractivity contribution is -0.137. The summed E-state index contributed by atoms with van der Waals surface area (Å²) >= 11 is 6.34. The number of halogens is 4. The molecule has 0 amide bonds. The molecule has 0 radical (unpaired) electrons. The van der Waals surface area contributed by atoms with Crippen molar-refractivity contribution in [2.75, 3.05) is 30.7 Å². The highest BCUT2D eigenvalue weighted by Gasteiger charge is 2.36. The smallest absolute Gasteiger partial charge is 0.368 e. The van der Waals surface area contributed by atoms with Crippen molar-refractivity contribution in [2.45, 2.75) is 56.4 Å². The van der Waals surface area contributed by atoms with Crippen LogP contribution in [0, 0.1) is 5.41 Å². The number of sulfone groups is 1. The molecule has 1 atom stereocenters. The van der Waals surface area contributed by atoms with Gasteiger partial charge >= 0.3 is 6.18 Å². The zero-order valence-electron chi connectivity index (χ0n) is 21.9. The van der Waals surface area contributed by atoms with Crippen LogP contribution in [0.5, 0.6) is 0 Å². The van der Waals surface area contributed by atoms with Crippen LogP contribution in [0.15, 0.2) is 41.3 Å². The SMILES string of the molecule is CC(C)(C)CCN1CCCC(S(=O)(=O)c2ccc(-c3c(Cl)cc(Nc4n[nH]c(N)n4)cc3C(F)(F)F)cc2)C1. The Morgan fingerprint density at radius 3 is 2.46 bits per heavy atom. The molecule has 0 bridgehead atoms. The van der Waals surface area contributed by atoms with Crippen molar-refractivity contribution in [3.05, 3.63) is 47.0 Å². The summed E-state index contributed by atoms with van der Waals surface area (Å²) in [5, 5.41) is 8.04. The van der Waals surface area contributed by atoms with Crippen LogP contribution in [0.2, 0.25) is 5.02 Å². The number of alkyl halides is 3. The van der Waals surface area contributed by atoms with E-state index in [4.69, 9.17) is 17.3 Å². The Labute approximate surface area is 231 Å². The zero-order chi connectivity index (χ0) is 28.6. The largest absolute Gasteiger partial charge is 0.417 e. The normalized spacial score (nSPS) is 17.4. The van der Waals surface area contributed by atoms with Gasteiger partial charge in [-0.1, -0.05) is 44.5 Å². The summed E-state index contributed by atoms with van der Waals surface area (Å²) in [6.07, 6.45) is -2.46. The Morgan fingerprint density at radius 2 is 1.87 bits per heavy atom. The summed E-state index contributed by atoms with van der Waals surface area (Å²) in [6, 6.07) is 7.67. The van der Waals surface area contributed by atoms with Crippen LogP contribution in [0.4, 0.5) is 30.8 Å². The number of benzene rings is 2. The number of H-pyrrole nitrogens is 1. The first-order valence-electron chi connectivity index (χ1n) is 12.6. The summed E-state index contributed by atoms with van der Waals surface area (Å²) in [7, 11) is -3.67. The number of aromatic amines is 1. The van der Waals surface area contributed by atoms with E-state index in [2.05, 4.69) is 46.2 Å². The van der Waals surface area contributed by atoms with Crippen molar-refractivity contribution < 1.29 is 21.6 Å². The van der Waals surface area contributed by atoms with Crippen LogP contribution in [0.3, 0.4) is 0 Å². The van der Waals surface area contributed by atoms with E-state index < -0.39 is 26.8 Å². The van der Waals surface area contributed by atoms with E-state index in [1.165, 1.54) is 30.3 Å². The van der Waals surface area contributed by atoms with Crippen molar-refractivity contribution >= 4 is 39.0 Å². The Morgan fingerprint density at radius 1 is 1.18 bits per heavy atom. The number of likely N-dealkylation sites (tertiary alicyclic amines) is 1. The van der Waals surface area contributed by atoms with Gasteiger partial charge in [0.25, 0.3) is 0 Å². The molecule has 0 spiro atoms. The zero-order valence-corrected chi connectivity index (χ0v) is 23.5. The van der Waals surface area contributed by atoms with Gasteiger partial charge in [0.2, 0.25) is 11.9 Å². The molecule has 13 heteroatoms. The highest BCUT2D eigenvalue weighted by atomic mass is 35.5. The van der Waals surface area contributed by atoms with Crippen molar-refractivity contribution in [3.63, 3.8) is 0 Å². The monoisotopic (exact) mass is 584 g/mol. The van der Waals surface area contributed by atoms with Crippen molar-refractivity contribution in [1.82, 2.24) is 20.1 Å². The maximum Gasteiger partial charge on any atom is 0.417 e. The molecule has 1 fully saturated rings. The summed E-state index contributed by atoms with van der Waals surface area (Å²) in [6.45, 7) is 8.57. The third-order valence-electron chi connectivity index (χ3n) is 6.71. The van der Waals surface area contributed by atoms with Crippen LogP contribution in [0.1, 0.15) is 45.6 Å². The summed E-state index contributed by atoms with van der Waals surface area (Å²) in [5.74, 6) is -0.0177. The van der Waals surface area contributed by atoms with Gasteiger partial charge in [0.1, 0.15) is 0 Å². The van der Waals surface area contributed by atoms with E-state index in [0.717, 1.165) is 32.0 Å². The van der Waals surface area contributed by atoms with Gasteiger partial charge in [-0.15, -0.1) is 5.10 Å². The van der Waals surface area contributed by atoms with Crippen molar-refractivity contribution in [2.24, 2.45) is 5.41 Å². The minimum atomic E-state index is -4.74. The molecule has 4 rings (SSSR count). The maximum absolute atomic E-state index is 14.1. The molecule has 1 aliphatic rings. The summed E-state index contributed by atoms with van der Waals surface area (Å²) < 4.78 is 69.1. The predicted octanol–water partition coefficient (Wildman–Crippen LogP) is 6.14. The number of piperidine rings is 1. The minimum Gasteiger partial charge on any atom is -0.368 e. The second-order valence-corrected chi connectivity index (χ2v) is 13.6. The predicted molar refractivity (Wildman–Crippen MR) is 147 cm³/mol. The second kappa shape index (κ2) is 11.0. The van der Waals surface area contributed by atoms with Crippen LogP contribution < -0.4 is 11.1 Å². The lowest BCUT2D eigenvalue weighted by Crippen LogP contribution is -2.43. The van der Waals surface area contributed by atoms with E-state index >= 15 is 0 Å². The molecular formula is C26H32ClF3N6O2S. The molecule has 2 heterocycles. The van der Waals surface area contributed by atoms with Gasteiger partial charge in [0.05, 0.1) is 20.7 Å². The van der Waals surface area contributed by atoms with Gasteiger partial charge in [0, 0.05) is 17.8 Å². The van der Waals surface area contributed by atoms with E-state index in [0.29, 0.717) is 13.0 Å². The number of nitrogens with two attached hydrogens (primary N) is 1. The van der Waals surface area contributed by atoms with E-state index in [1.54, 1.807) is 0 Å². The van der Waals surface area contributed by atoms with Crippen LogP contribution in [0.25, 0.3) is 11.1 Å². The van der Waals surface area contributed by atoms with Gasteiger partial charge in [-0.2, -0.15) is 18.2 Å². The molecule has 2 aromatic carbocycles. The van der Waals surface area contributed by atoms with Crippen molar-refractivity contribution in [1.29, 1.82) is 0 Å². The molecule has 1 saturated heterocycles. The third kappa shape index (κ3) is 7.03. The number of anilines is 3. The molecule has 0 aliphatic carbocycles. The molecule has 1 aromatic heterocycles. The van der Waals surface area contributed by atoms with E-state index in [-0.39, 0.29) is 44.0 Å². The van der Waals surface area contributed by atoms with E-state index in [9.17, 15) is 21.6 Å². The Bertz CT molecular complexity index is 1420. The fourth-order valence-electron chi connectivity index (χ4n) is 4.62. The van der Waals surface area contributed by atoms with Gasteiger partial charge in [-0.05, 0) is 67.6 Å². The Balaban J connectivity index is 1.59. The fraction of sp³-hybridized carbons (Fsp3) is 0.462. The fourth-order valence-corrected chi connectivity index (χ4v) is 6.73. The first-order valence-corrected chi connectivity index (χ1v) is 14.5. The highest BCUT2D eigenvalue weighted by Crippen LogP contribution is 2.43. The van der Waals surface area contributed by atoms with Gasteiger partial charge in [-0.3, -0.25) is 0 Å². The quantitative estimate of drug-likeness (QED) is 0.305. The number of nitrogen functional groups attached to an aromatic ring is 1. The molecule has 1 unspecified atom stereocenters. The number of hydrogen-bond acceptors (Lipinski definition) is 7. The molecular weight excluding hydrogens is 553 g/mol. The lowest BCUT2D eigenvalue weighted by Gasteiger charge is -2.34. The number of nitrogens with one attached hydrogen (secondary N) is 2. The molecule has 8 nitrogen and oxygen atoms in total. The Kier molecular flexibility index (Phi) is 8.21. The number of rotatable bonds is 7. The number of aromatic nitrogens is 3. The minimum absolute atomic E-state index is 0.00264. The topological polar surface area (TPSA) is 117 Å². The number of nitrogens with zero attached hydrogens (tertiary/aromatic N) is 3. The lowest BCUT2D eigenvalue weighted by atomic mass is 9.92. The maximum atomic E-state index is 14.1. The Hall–Kier alpha value is -2.83. The van der Waals surface area contributed by atoms with Crippen LogP contribution >= 0.6 is 11.6 Å².